The van der Waals surface area contributed by atoms with Crippen molar-refractivity contribution < 1.29 is 32.5 Å². The first-order valence-corrected chi connectivity index (χ1v) is 10.5. The van der Waals surface area contributed by atoms with E-state index in [2.05, 4.69) is 20.6 Å². The number of aromatic nitrogens is 4. The predicted octanol–water partition coefficient (Wildman–Crippen LogP) is 4.19. The van der Waals surface area contributed by atoms with Gasteiger partial charge in [0.05, 0.1) is 11.0 Å². The number of carboxylic acid groups (broad SMARTS) is 1. The van der Waals surface area contributed by atoms with E-state index in [9.17, 15) is 18.0 Å². The highest BCUT2D eigenvalue weighted by Crippen LogP contribution is 2.32. The van der Waals surface area contributed by atoms with Crippen LogP contribution in [0.25, 0.3) is 22.1 Å². The SMILES string of the molecule is O=C(N[C@@H]1CCC[C@H](c2nc3ccccc3[nH]2)C1)c1ccc2nonc2c1.O=C(O)C(F)(F)F. The molecule has 4 aromatic rings. The van der Waals surface area contributed by atoms with Crippen LogP contribution in [0.5, 0.6) is 0 Å². The summed E-state index contributed by atoms with van der Waals surface area (Å²) in [6.45, 7) is 0. The Hall–Kier alpha value is -3.96. The second-order valence-corrected chi connectivity index (χ2v) is 7.94. The highest BCUT2D eigenvalue weighted by molar-refractivity contribution is 5.97. The number of aliphatic carboxylic acids is 1. The molecule has 2 atom stereocenters. The normalized spacial score (nSPS) is 18.3. The molecule has 178 valence electrons. The van der Waals surface area contributed by atoms with Crippen LogP contribution in [-0.4, -0.2) is 49.5 Å². The van der Waals surface area contributed by atoms with E-state index in [0.29, 0.717) is 22.5 Å². The van der Waals surface area contributed by atoms with Gasteiger partial charge in [-0.15, -0.1) is 0 Å². The van der Waals surface area contributed by atoms with Crippen LogP contribution in [0.3, 0.4) is 0 Å². The van der Waals surface area contributed by atoms with Gasteiger partial charge in [-0.3, -0.25) is 4.79 Å². The summed E-state index contributed by atoms with van der Waals surface area (Å²) in [6.07, 6.45) is -1.06. The quantitative estimate of drug-likeness (QED) is 0.404. The van der Waals surface area contributed by atoms with E-state index in [1.165, 1.54) is 0 Å². The Morgan fingerprint density at radius 2 is 1.79 bits per heavy atom. The number of H-pyrrole nitrogens is 1. The number of carboxylic acids is 1. The van der Waals surface area contributed by atoms with Gasteiger partial charge in [0.1, 0.15) is 16.9 Å². The first kappa shape index (κ1) is 23.2. The number of para-hydroxylation sites is 2. The third-order valence-electron chi connectivity index (χ3n) is 5.56. The number of hydrogen-bond acceptors (Lipinski definition) is 6. The highest BCUT2D eigenvalue weighted by Gasteiger charge is 2.38. The van der Waals surface area contributed by atoms with Crippen molar-refractivity contribution in [1.29, 1.82) is 0 Å². The topological polar surface area (TPSA) is 134 Å². The lowest BCUT2D eigenvalue weighted by molar-refractivity contribution is -0.192. The molecule has 0 saturated heterocycles. The van der Waals surface area contributed by atoms with Crippen LogP contribution < -0.4 is 5.32 Å². The van der Waals surface area contributed by atoms with Crippen LogP contribution in [0.1, 0.15) is 47.8 Å². The Bertz CT molecular complexity index is 1280. The molecule has 1 saturated carbocycles. The Labute approximate surface area is 190 Å². The van der Waals surface area contributed by atoms with Gasteiger partial charge in [-0.1, -0.05) is 18.6 Å². The summed E-state index contributed by atoms with van der Waals surface area (Å²) in [4.78, 5) is 29.7. The monoisotopic (exact) mass is 475 g/mol. The largest absolute Gasteiger partial charge is 0.490 e. The molecule has 9 nitrogen and oxygen atoms in total. The predicted molar refractivity (Wildman–Crippen MR) is 114 cm³/mol. The third kappa shape index (κ3) is 5.33. The van der Waals surface area contributed by atoms with Gasteiger partial charge in [-0.25, -0.2) is 14.4 Å². The molecule has 3 N–H and O–H groups in total. The molecular weight excluding hydrogens is 455 g/mol. The number of carbonyl (C=O) groups is 2. The zero-order valence-electron chi connectivity index (χ0n) is 17.7. The van der Waals surface area contributed by atoms with Crippen molar-refractivity contribution in [3.63, 3.8) is 0 Å². The number of nitrogens with one attached hydrogen (secondary N) is 2. The van der Waals surface area contributed by atoms with E-state index >= 15 is 0 Å². The summed E-state index contributed by atoms with van der Waals surface area (Å²) in [5, 5.41) is 17.9. The van der Waals surface area contributed by atoms with Crippen LogP contribution in [0.4, 0.5) is 13.2 Å². The minimum Gasteiger partial charge on any atom is -0.475 e. The maximum atomic E-state index is 12.6. The average Bonchev–Trinajstić information content (AvgIpc) is 3.45. The molecule has 1 aliphatic rings. The zero-order chi connectivity index (χ0) is 24.3. The van der Waals surface area contributed by atoms with Gasteiger partial charge in [-0.05, 0) is 59.9 Å². The summed E-state index contributed by atoms with van der Waals surface area (Å²) in [6, 6.07) is 13.4. The third-order valence-corrected chi connectivity index (χ3v) is 5.56. The molecule has 2 aromatic heterocycles. The van der Waals surface area contributed by atoms with E-state index in [1.54, 1.807) is 18.2 Å². The maximum absolute atomic E-state index is 12.6. The lowest BCUT2D eigenvalue weighted by atomic mass is 9.85. The standard InChI is InChI=1S/C20H19N5O2.C2HF3O2/c26-20(13-8-9-17-18(11-13)25-27-24-17)21-14-5-3-4-12(10-14)19-22-15-6-1-2-7-16(15)23-19;3-2(4,5)1(6)7/h1-2,6-9,11-12,14H,3-5,10H2,(H,21,26)(H,22,23);(H,6,7)/t12-,14+;/m0./s1. The molecule has 1 amide bonds. The van der Waals surface area contributed by atoms with E-state index in [0.717, 1.165) is 42.5 Å². The van der Waals surface area contributed by atoms with Crippen LogP contribution in [0.2, 0.25) is 0 Å². The molecule has 34 heavy (non-hydrogen) atoms. The van der Waals surface area contributed by atoms with Crippen LogP contribution in [-0.2, 0) is 4.79 Å². The summed E-state index contributed by atoms with van der Waals surface area (Å²) in [7, 11) is 0. The number of benzene rings is 2. The number of carbonyl (C=O) groups excluding carboxylic acids is 1. The summed E-state index contributed by atoms with van der Waals surface area (Å²) < 4.78 is 36.4. The number of alkyl halides is 3. The fourth-order valence-electron chi connectivity index (χ4n) is 3.93. The van der Waals surface area contributed by atoms with Crippen LogP contribution >= 0.6 is 0 Å². The average molecular weight is 475 g/mol. The molecule has 0 aliphatic heterocycles. The van der Waals surface area contributed by atoms with Crippen molar-refractivity contribution in [1.82, 2.24) is 25.6 Å². The number of imidazole rings is 1. The Morgan fingerprint density at radius 1 is 1.06 bits per heavy atom. The van der Waals surface area contributed by atoms with Gasteiger partial charge in [0.2, 0.25) is 0 Å². The molecule has 2 heterocycles. The molecule has 0 unspecified atom stereocenters. The van der Waals surface area contributed by atoms with Crippen molar-refractivity contribution in [2.24, 2.45) is 0 Å². The molecule has 0 bridgehead atoms. The van der Waals surface area contributed by atoms with E-state index in [4.69, 9.17) is 19.5 Å². The lowest BCUT2D eigenvalue weighted by Gasteiger charge is -2.28. The van der Waals surface area contributed by atoms with Crippen LogP contribution in [0.15, 0.2) is 47.1 Å². The Morgan fingerprint density at radius 3 is 2.53 bits per heavy atom. The molecule has 12 heteroatoms. The summed E-state index contributed by atoms with van der Waals surface area (Å²) in [5.74, 6) is -1.49. The molecule has 1 aliphatic carbocycles. The molecule has 5 rings (SSSR count). The van der Waals surface area contributed by atoms with Gasteiger partial charge >= 0.3 is 12.1 Å². The lowest BCUT2D eigenvalue weighted by Crippen LogP contribution is -2.38. The number of nitrogens with zero attached hydrogens (tertiary/aromatic N) is 3. The molecule has 0 spiro atoms. The zero-order valence-corrected chi connectivity index (χ0v) is 17.7. The van der Waals surface area contributed by atoms with Gasteiger partial charge in [-0.2, -0.15) is 13.2 Å². The highest BCUT2D eigenvalue weighted by atomic mass is 19.4. The second-order valence-electron chi connectivity index (χ2n) is 7.94. The van der Waals surface area contributed by atoms with E-state index in [-0.39, 0.29) is 11.9 Å². The summed E-state index contributed by atoms with van der Waals surface area (Å²) >= 11 is 0. The first-order chi connectivity index (χ1) is 16.2. The van der Waals surface area contributed by atoms with Gasteiger partial charge in [0, 0.05) is 17.5 Å². The van der Waals surface area contributed by atoms with E-state index in [1.807, 2.05) is 24.3 Å². The number of fused-ring (bicyclic) bond motifs is 2. The fraction of sp³-hybridized carbons (Fsp3) is 0.318. The van der Waals surface area contributed by atoms with Crippen molar-refractivity contribution in [3.05, 3.63) is 53.9 Å². The number of halogens is 3. The number of aromatic amines is 1. The maximum Gasteiger partial charge on any atom is 0.490 e. The molecule has 1 fully saturated rings. The Balaban J connectivity index is 0.000000344. The van der Waals surface area contributed by atoms with Crippen molar-refractivity contribution in [2.75, 3.05) is 0 Å². The van der Waals surface area contributed by atoms with Gasteiger partial charge in [0.15, 0.2) is 0 Å². The first-order valence-electron chi connectivity index (χ1n) is 10.5. The second kappa shape index (κ2) is 9.49. The molecule has 0 radical (unpaired) electrons. The van der Waals surface area contributed by atoms with Crippen molar-refractivity contribution in [2.45, 2.75) is 43.8 Å². The van der Waals surface area contributed by atoms with E-state index < -0.39 is 12.1 Å². The van der Waals surface area contributed by atoms with Crippen LogP contribution in [0, 0.1) is 0 Å². The Kier molecular flexibility index (Phi) is 6.48. The minimum absolute atomic E-state index is 0.0878. The van der Waals surface area contributed by atoms with Crippen molar-refractivity contribution >= 4 is 33.9 Å². The molecule has 2 aromatic carbocycles. The fourth-order valence-corrected chi connectivity index (χ4v) is 3.93. The van der Waals surface area contributed by atoms with Gasteiger partial charge < -0.3 is 15.4 Å². The molecular formula is C22H20F3N5O4. The van der Waals surface area contributed by atoms with Gasteiger partial charge in [0.25, 0.3) is 5.91 Å². The number of hydrogen-bond donors (Lipinski definition) is 3. The smallest absolute Gasteiger partial charge is 0.475 e. The number of rotatable bonds is 3. The number of amides is 1. The summed E-state index contributed by atoms with van der Waals surface area (Å²) in [5.41, 5.74) is 3.87. The minimum atomic E-state index is -5.08. The van der Waals surface area contributed by atoms with Crippen molar-refractivity contribution in [3.8, 4) is 0 Å².